The van der Waals surface area contributed by atoms with Crippen molar-refractivity contribution in [1.82, 2.24) is 10.2 Å². The van der Waals surface area contributed by atoms with Crippen LogP contribution in [-0.4, -0.2) is 36.0 Å². The predicted molar refractivity (Wildman–Crippen MR) is 103 cm³/mol. The molecule has 1 atom stereocenters. The van der Waals surface area contributed by atoms with E-state index in [4.69, 9.17) is 4.74 Å². The maximum absolute atomic E-state index is 12.3. The minimum atomic E-state index is -0.463. The lowest BCUT2D eigenvalue weighted by Crippen LogP contribution is -2.36. The summed E-state index contributed by atoms with van der Waals surface area (Å²) in [7, 11) is 0. The summed E-state index contributed by atoms with van der Waals surface area (Å²) in [4.78, 5) is 26.2. The van der Waals surface area contributed by atoms with E-state index in [9.17, 15) is 9.59 Å². The lowest BCUT2D eigenvalue weighted by Gasteiger charge is -2.25. The first kappa shape index (κ1) is 20.0. The third-order valence-electron chi connectivity index (χ3n) is 4.38. The molecule has 26 heavy (non-hydrogen) atoms. The molecule has 5 heteroatoms. The number of likely N-dealkylation sites (tertiary alicyclic amines) is 1. The van der Waals surface area contributed by atoms with E-state index in [1.165, 1.54) is 6.42 Å². The van der Waals surface area contributed by atoms with Gasteiger partial charge in [-0.1, -0.05) is 50.3 Å². The number of ether oxygens (including phenoxy) is 1. The third kappa shape index (κ3) is 7.30. The van der Waals surface area contributed by atoms with Crippen molar-refractivity contribution >= 4 is 12.0 Å². The minimum absolute atomic E-state index is 0.0258. The number of rotatable bonds is 7. The average Bonchev–Trinajstić information content (AvgIpc) is 2.65. The van der Waals surface area contributed by atoms with Gasteiger partial charge < -0.3 is 15.0 Å². The molecule has 1 fully saturated rings. The van der Waals surface area contributed by atoms with Gasteiger partial charge in [0.25, 0.3) is 0 Å². The number of nitrogens with one attached hydrogen (secondary N) is 1. The number of carbonyl (C=O) groups excluding carboxylic acids is 2. The molecule has 2 rings (SSSR count). The van der Waals surface area contributed by atoms with Gasteiger partial charge in [-0.25, -0.2) is 4.79 Å². The van der Waals surface area contributed by atoms with Crippen LogP contribution in [0.4, 0.5) is 4.79 Å². The van der Waals surface area contributed by atoms with Crippen LogP contribution in [0, 0.1) is 5.92 Å². The van der Waals surface area contributed by atoms with E-state index in [0.717, 1.165) is 37.9 Å². The van der Waals surface area contributed by atoms with Crippen LogP contribution in [0.2, 0.25) is 0 Å². The lowest BCUT2D eigenvalue weighted by molar-refractivity contribution is -0.126. The van der Waals surface area contributed by atoms with Gasteiger partial charge in [-0.3, -0.25) is 4.79 Å². The van der Waals surface area contributed by atoms with E-state index >= 15 is 0 Å². The van der Waals surface area contributed by atoms with E-state index in [1.807, 2.05) is 35.2 Å². The molecule has 1 N–H and O–H groups in total. The molecule has 1 aromatic rings. The first-order valence-corrected chi connectivity index (χ1v) is 9.49. The molecule has 1 aliphatic heterocycles. The summed E-state index contributed by atoms with van der Waals surface area (Å²) in [5.41, 5.74) is 0.943. The Morgan fingerprint density at radius 2 is 1.85 bits per heavy atom. The van der Waals surface area contributed by atoms with Crippen LogP contribution >= 0.6 is 0 Å². The molecular formula is C21H30N2O3. The fraction of sp³-hybridized carbons (Fsp3) is 0.524. The zero-order valence-corrected chi connectivity index (χ0v) is 15.8. The maximum atomic E-state index is 12.3. The van der Waals surface area contributed by atoms with Crippen LogP contribution in [0.5, 0.6) is 0 Å². The Morgan fingerprint density at radius 1 is 1.15 bits per heavy atom. The number of hydrogen-bond acceptors (Lipinski definition) is 3. The second-order valence-corrected chi connectivity index (χ2v) is 7.19. The SMILES string of the molecule is CC(C)CC(/C=C/C(=O)N1CCCCC1)NC(=O)OCc1ccccc1. The zero-order valence-electron chi connectivity index (χ0n) is 15.8. The normalized spacial score (nSPS) is 15.9. The molecule has 1 unspecified atom stereocenters. The van der Waals surface area contributed by atoms with Crippen molar-refractivity contribution in [3.63, 3.8) is 0 Å². The first-order chi connectivity index (χ1) is 12.5. The fourth-order valence-corrected chi connectivity index (χ4v) is 3.03. The molecule has 0 radical (unpaired) electrons. The Morgan fingerprint density at radius 3 is 2.50 bits per heavy atom. The molecule has 0 spiro atoms. The topological polar surface area (TPSA) is 58.6 Å². The number of nitrogens with zero attached hydrogens (tertiary/aromatic N) is 1. The molecule has 5 nitrogen and oxygen atoms in total. The van der Waals surface area contributed by atoms with E-state index in [-0.39, 0.29) is 18.6 Å². The Balaban J connectivity index is 1.85. The molecule has 0 saturated carbocycles. The van der Waals surface area contributed by atoms with Gasteiger partial charge in [0.05, 0.1) is 6.04 Å². The second-order valence-electron chi connectivity index (χ2n) is 7.19. The fourth-order valence-electron chi connectivity index (χ4n) is 3.03. The van der Waals surface area contributed by atoms with Crippen molar-refractivity contribution in [2.24, 2.45) is 5.92 Å². The number of alkyl carbamates (subject to hydrolysis) is 1. The van der Waals surface area contributed by atoms with E-state index in [2.05, 4.69) is 19.2 Å². The maximum Gasteiger partial charge on any atom is 0.407 e. The average molecular weight is 358 g/mol. The largest absolute Gasteiger partial charge is 0.445 e. The van der Waals surface area contributed by atoms with Crippen molar-refractivity contribution in [3.05, 3.63) is 48.0 Å². The summed E-state index contributed by atoms with van der Waals surface area (Å²) >= 11 is 0. The molecule has 142 valence electrons. The first-order valence-electron chi connectivity index (χ1n) is 9.49. The Bertz CT molecular complexity index is 593. The van der Waals surface area contributed by atoms with E-state index in [1.54, 1.807) is 12.2 Å². The second kappa shape index (κ2) is 10.6. The highest BCUT2D eigenvalue weighted by molar-refractivity contribution is 5.87. The van der Waals surface area contributed by atoms with Crippen LogP contribution in [0.3, 0.4) is 0 Å². The number of benzene rings is 1. The molecule has 0 bridgehead atoms. The van der Waals surface area contributed by atoms with Crippen LogP contribution in [-0.2, 0) is 16.1 Å². The van der Waals surface area contributed by atoms with Crippen LogP contribution < -0.4 is 5.32 Å². The molecule has 1 aliphatic rings. The lowest BCUT2D eigenvalue weighted by atomic mass is 10.0. The van der Waals surface area contributed by atoms with Crippen molar-refractivity contribution in [2.45, 2.75) is 52.2 Å². The highest BCUT2D eigenvalue weighted by Gasteiger charge is 2.16. The quantitative estimate of drug-likeness (QED) is 0.752. The van der Waals surface area contributed by atoms with Crippen molar-refractivity contribution in [2.75, 3.05) is 13.1 Å². The van der Waals surface area contributed by atoms with E-state index in [0.29, 0.717) is 5.92 Å². The summed E-state index contributed by atoms with van der Waals surface area (Å²) in [6.45, 7) is 6.06. The smallest absolute Gasteiger partial charge is 0.407 e. The number of amides is 2. The molecule has 0 aromatic heterocycles. The van der Waals surface area contributed by atoms with Gasteiger partial charge in [-0.05, 0) is 37.2 Å². The molecule has 1 saturated heterocycles. The summed E-state index contributed by atoms with van der Waals surface area (Å²) in [5.74, 6) is 0.419. The van der Waals surface area contributed by atoms with Gasteiger partial charge in [0, 0.05) is 19.2 Å². The van der Waals surface area contributed by atoms with Gasteiger partial charge in [0.15, 0.2) is 0 Å². The Kier molecular flexibility index (Phi) is 8.19. The molecule has 1 aromatic carbocycles. The van der Waals surface area contributed by atoms with Crippen molar-refractivity contribution in [1.29, 1.82) is 0 Å². The molecule has 0 aliphatic carbocycles. The summed E-state index contributed by atoms with van der Waals surface area (Å²) in [5, 5.41) is 2.86. The van der Waals surface area contributed by atoms with Gasteiger partial charge >= 0.3 is 6.09 Å². The highest BCUT2D eigenvalue weighted by Crippen LogP contribution is 2.11. The van der Waals surface area contributed by atoms with Crippen LogP contribution in [0.15, 0.2) is 42.5 Å². The summed E-state index contributed by atoms with van der Waals surface area (Å²) < 4.78 is 5.28. The van der Waals surface area contributed by atoms with Gasteiger partial charge in [0.2, 0.25) is 5.91 Å². The Labute approximate surface area is 156 Å². The van der Waals surface area contributed by atoms with Gasteiger partial charge in [-0.15, -0.1) is 0 Å². The third-order valence-corrected chi connectivity index (χ3v) is 4.38. The van der Waals surface area contributed by atoms with Gasteiger partial charge in [0.1, 0.15) is 6.61 Å². The number of piperidine rings is 1. The number of carbonyl (C=O) groups is 2. The molecule has 1 heterocycles. The standard InChI is InChI=1S/C21H30N2O3/c1-17(2)15-19(11-12-20(24)23-13-7-4-8-14-23)22-21(25)26-16-18-9-5-3-6-10-18/h3,5-6,9-12,17,19H,4,7-8,13-16H2,1-2H3,(H,22,25)/b12-11+. The van der Waals surface area contributed by atoms with E-state index < -0.39 is 6.09 Å². The Hall–Kier alpha value is -2.30. The van der Waals surface area contributed by atoms with Crippen molar-refractivity contribution in [3.8, 4) is 0 Å². The van der Waals surface area contributed by atoms with Crippen LogP contribution in [0.1, 0.15) is 45.1 Å². The van der Waals surface area contributed by atoms with Crippen molar-refractivity contribution < 1.29 is 14.3 Å². The minimum Gasteiger partial charge on any atom is -0.445 e. The van der Waals surface area contributed by atoms with Crippen LogP contribution in [0.25, 0.3) is 0 Å². The summed E-state index contributed by atoms with van der Waals surface area (Å²) in [6.07, 6.45) is 7.01. The van der Waals surface area contributed by atoms with Gasteiger partial charge in [-0.2, -0.15) is 0 Å². The number of hydrogen-bond donors (Lipinski definition) is 1. The monoisotopic (exact) mass is 358 g/mol. The molecular weight excluding hydrogens is 328 g/mol. The zero-order chi connectivity index (χ0) is 18.8. The predicted octanol–water partition coefficient (Wildman–Crippen LogP) is 3.90. The summed E-state index contributed by atoms with van der Waals surface area (Å²) in [6, 6.07) is 9.35. The molecule has 2 amide bonds. The highest BCUT2D eigenvalue weighted by atomic mass is 16.5.